The standard InChI is InChI=1S/C26H44O5/c1-9-18-15-21(31-23(30-18)19-11-10-12-20(28)22(19)29)24(3,4)13-14-25(5,6)26(7,8)16-17(2)27/h10-12,17-18,21,23,27-29H,9,13-16H2,1-8H3/t17-,18?,21?,23?/m0/s1. The Kier molecular flexibility index (Phi) is 8.10. The van der Waals surface area contributed by atoms with Gasteiger partial charge in [0.2, 0.25) is 0 Å². The fourth-order valence-electron chi connectivity index (χ4n) is 4.51. The second-order valence-electron chi connectivity index (χ2n) is 11.4. The molecule has 0 amide bonds. The molecule has 0 aliphatic carbocycles. The smallest absolute Gasteiger partial charge is 0.188 e. The molecule has 0 saturated carbocycles. The molecule has 0 aromatic heterocycles. The molecule has 5 nitrogen and oxygen atoms in total. The number of hydrogen-bond donors (Lipinski definition) is 3. The largest absolute Gasteiger partial charge is 0.504 e. The lowest BCUT2D eigenvalue weighted by Gasteiger charge is -2.47. The van der Waals surface area contributed by atoms with Gasteiger partial charge in [-0.2, -0.15) is 0 Å². The summed E-state index contributed by atoms with van der Waals surface area (Å²) in [5.74, 6) is -0.344. The van der Waals surface area contributed by atoms with Crippen molar-refractivity contribution in [2.24, 2.45) is 16.2 Å². The van der Waals surface area contributed by atoms with Gasteiger partial charge in [-0.15, -0.1) is 0 Å². The maximum Gasteiger partial charge on any atom is 0.188 e. The maximum atomic E-state index is 10.3. The van der Waals surface area contributed by atoms with E-state index in [0.29, 0.717) is 5.56 Å². The highest BCUT2D eigenvalue weighted by molar-refractivity contribution is 5.45. The van der Waals surface area contributed by atoms with Crippen LogP contribution in [0.25, 0.3) is 0 Å². The summed E-state index contributed by atoms with van der Waals surface area (Å²) in [5.41, 5.74) is 0.437. The Morgan fingerprint density at radius 3 is 2.23 bits per heavy atom. The highest BCUT2D eigenvalue weighted by atomic mass is 16.7. The van der Waals surface area contributed by atoms with E-state index in [4.69, 9.17) is 9.47 Å². The van der Waals surface area contributed by atoms with Crippen LogP contribution in [0, 0.1) is 16.2 Å². The Morgan fingerprint density at radius 2 is 1.65 bits per heavy atom. The van der Waals surface area contributed by atoms with Crippen molar-refractivity contribution in [1.29, 1.82) is 0 Å². The van der Waals surface area contributed by atoms with E-state index < -0.39 is 6.29 Å². The van der Waals surface area contributed by atoms with E-state index in [0.717, 1.165) is 32.1 Å². The van der Waals surface area contributed by atoms with Crippen LogP contribution in [0.2, 0.25) is 0 Å². The third-order valence-corrected chi connectivity index (χ3v) is 7.74. The first-order valence-electron chi connectivity index (χ1n) is 11.7. The van der Waals surface area contributed by atoms with Crippen LogP contribution in [0.5, 0.6) is 11.5 Å². The number of aliphatic hydroxyl groups is 1. The quantitative estimate of drug-likeness (QED) is 0.395. The Balaban J connectivity index is 2.17. The van der Waals surface area contributed by atoms with Crippen molar-refractivity contribution in [3.05, 3.63) is 23.8 Å². The molecule has 1 saturated heterocycles. The number of ether oxygens (including phenoxy) is 2. The van der Waals surface area contributed by atoms with Gasteiger partial charge in [-0.25, -0.2) is 0 Å². The summed E-state index contributed by atoms with van der Waals surface area (Å²) in [4.78, 5) is 0. The number of rotatable bonds is 9. The summed E-state index contributed by atoms with van der Waals surface area (Å²) < 4.78 is 12.5. The van der Waals surface area contributed by atoms with E-state index in [1.807, 2.05) is 6.92 Å². The van der Waals surface area contributed by atoms with E-state index in [9.17, 15) is 15.3 Å². The Bertz CT molecular complexity index is 723. The zero-order valence-corrected chi connectivity index (χ0v) is 20.7. The molecule has 1 aliphatic rings. The molecule has 1 aromatic carbocycles. The van der Waals surface area contributed by atoms with Crippen LogP contribution in [0.4, 0.5) is 0 Å². The first-order chi connectivity index (χ1) is 14.2. The molecule has 1 fully saturated rings. The topological polar surface area (TPSA) is 79.2 Å². The summed E-state index contributed by atoms with van der Waals surface area (Å²) in [5, 5.41) is 30.2. The molecule has 0 bridgehead atoms. The van der Waals surface area contributed by atoms with Gasteiger partial charge in [0, 0.05) is 6.42 Å². The summed E-state index contributed by atoms with van der Waals surface area (Å²) in [6, 6.07) is 4.89. The lowest BCUT2D eigenvalue weighted by Crippen LogP contribution is -2.43. The van der Waals surface area contributed by atoms with Gasteiger partial charge in [-0.1, -0.05) is 54.5 Å². The van der Waals surface area contributed by atoms with Gasteiger partial charge in [-0.3, -0.25) is 0 Å². The Morgan fingerprint density at radius 1 is 1.00 bits per heavy atom. The van der Waals surface area contributed by atoms with E-state index in [-0.39, 0.29) is 46.1 Å². The van der Waals surface area contributed by atoms with Gasteiger partial charge >= 0.3 is 0 Å². The number of hydrogen-bond acceptors (Lipinski definition) is 5. The van der Waals surface area contributed by atoms with Crippen molar-refractivity contribution in [3.63, 3.8) is 0 Å². The summed E-state index contributed by atoms with van der Waals surface area (Å²) >= 11 is 0. The van der Waals surface area contributed by atoms with Crippen LogP contribution >= 0.6 is 0 Å². The van der Waals surface area contributed by atoms with Crippen LogP contribution in [0.15, 0.2) is 18.2 Å². The van der Waals surface area contributed by atoms with Gasteiger partial charge in [0.1, 0.15) is 0 Å². The number of benzene rings is 1. The molecule has 0 spiro atoms. The first-order valence-corrected chi connectivity index (χ1v) is 11.7. The van der Waals surface area contributed by atoms with E-state index in [1.54, 1.807) is 12.1 Å². The summed E-state index contributed by atoms with van der Waals surface area (Å²) in [7, 11) is 0. The van der Waals surface area contributed by atoms with Crippen molar-refractivity contribution >= 4 is 0 Å². The monoisotopic (exact) mass is 436 g/mol. The van der Waals surface area contributed by atoms with E-state index in [1.165, 1.54) is 6.07 Å². The molecule has 178 valence electrons. The minimum atomic E-state index is -0.699. The zero-order chi connectivity index (χ0) is 23.6. The Labute approximate surface area is 188 Å². The number of phenols is 2. The van der Waals surface area contributed by atoms with Crippen LogP contribution < -0.4 is 0 Å². The van der Waals surface area contributed by atoms with Crippen LogP contribution in [0.3, 0.4) is 0 Å². The number of aliphatic hydroxyl groups excluding tert-OH is 1. The summed E-state index contributed by atoms with van der Waals surface area (Å²) in [6.07, 6.45) is 3.40. The molecule has 1 heterocycles. The molecule has 1 aliphatic heterocycles. The number of para-hydroxylation sites is 1. The molecule has 3 unspecified atom stereocenters. The van der Waals surface area contributed by atoms with Gasteiger partial charge < -0.3 is 24.8 Å². The minimum Gasteiger partial charge on any atom is -0.504 e. The summed E-state index contributed by atoms with van der Waals surface area (Å²) in [6.45, 7) is 17.5. The van der Waals surface area contributed by atoms with E-state index in [2.05, 4.69) is 48.5 Å². The predicted molar refractivity (Wildman–Crippen MR) is 124 cm³/mol. The molecule has 4 atom stereocenters. The second kappa shape index (κ2) is 9.68. The van der Waals surface area contributed by atoms with Crippen molar-refractivity contribution in [1.82, 2.24) is 0 Å². The fraction of sp³-hybridized carbons (Fsp3) is 0.769. The average Bonchev–Trinajstić information content (AvgIpc) is 2.67. The van der Waals surface area contributed by atoms with Crippen molar-refractivity contribution in [3.8, 4) is 11.5 Å². The minimum absolute atomic E-state index is 0.00955. The SMILES string of the molecule is CCC1CC(C(C)(C)CCC(C)(C)C(C)(C)C[C@H](C)O)OC(c2cccc(O)c2O)O1. The van der Waals surface area contributed by atoms with E-state index >= 15 is 0 Å². The third kappa shape index (κ3) is 6.15. The Hall–Kier alpha value is -1.30. The highest BCUT2D eigenvalue weighted by Crippen LogP contribution is 2.49. The average molecular weight is 437 g/mol. The van der Waals surface area contributed by atoms with Gasteiger partial charge in [0.25, 0.3) is 0 Å². The molecule has 0 radical (unpaired) electrons. The molecular formula is C26H44O5. The molecule has 5 heteroatoms. The maximum absolute atomic E-state index is 10.3. The number of aromatic hydroxyl groups is 2. The van der Waals surface area contributed by atoms with Gasteiger partial charge in [0.05, 0.1) is 23.9 Å². The van der Waals surface area contributed by atoms with Crippen molar-refractivity contribution in [2.75, 3.05) is 0 Å². The number of phenolic OH excluding ortho intramolecular Hbond substituents is 2. The van der Waals surface area contributed by atoms with Gasteiger partial charge in [0.15, 0.2) is 17.8 Å². The molecule has 31 heavy (non-hydrogen) atoms. The van der Waals surface area contributed by atoms with Crippen LogP contribution in [-0.2, 0) is 9.47 Å². The highest BCUT2D eigenvalue weighted by Gasteiger charge is 2.43. The van der Waals surface area contributed by atoms with Crippen molar-refractivity contribution in [2.45, 2.75) is 112 Å². The van der Waals surface area contributed by atoms with Crippen molar-refractivity contribution < 1.29 is 24.8 Å². The fourth-order valence-corrected chi connectivity index (χ4v) is 4.51. The third-order valence-electron chi connectivity index (χ3n) is 7.74. The predicted octanol–water partition coefficient (Wildman–Crippen LogP) is 6.31. The second-order valence-corrected chi connectivity index (χ2v) is 11.4. The normalized spacial score (nSPS) is 24.2. The molecule has 2 rings (SSSR count). The zero-order valence-electron chi connectivity index (χ0n) is 20.7. The van der Waals surface area contributed by atoms with Crippen LogP contribution in [0.1, 0.15) is 99.3 Å². The van der Waals surface area contributed by atoms with Crippen LogP contribution in [-0.4, -0.2) is 33.6 Å². The van der Waals surface area contributed by atoms with Gasteiger partial charge in [-0.05, 0) is 61.0 Å². The molecule has 1 aromatic rings. The lowest BCUT2D eigenvalue weighted by molar-refractivity contribution is -0.270. The lowest BCUT2D eigenvalue weighted by atomic mass is 9.61. The molecular weight excluding hydrogens is 392 g/mol. The molecule has 3 N–H and O–H groups in total. The first kappa shape index (κ1) is 26.0.